The smallest absolute Gasteiger partial charge is 0.0701 e. The first-order valence-electron chi connectivity index (χ1n) is 5.55. The average molecular weight is 186 g/mol. The van der Waals surface area contributed by atoms with E-state index in [1.165, 1.54) is 32.1 Å². The molecule has 0 radical (unpaired) electrons. The molecular weight excluding hydrogens is 164 g/mol. The Morgan fingerprint density at radius 1 is 0.769 bits per heavy atom. The number of hydrogen-bond donors (Lipinski definition) is 0. The maximum Gasteiger partial charge on any atom is 0.0701 e. The maximum atomic E-state index is 4.94. The van der Waals surface area contributed by atoms with Crippen molar-refractivity contribution in [2.24, 2.45) is 5.92 Å². The number of ether oxygens (including phenoxy) is 2. The Kier molecular flexibility index (Phi) is 6.21. The van der Waals surface area contributed by atoms with Crippen LogP contribution in [-0.2, 0) is 9.47 Å². The Morgan fingerprint density at radius 3 is 1.46 bits per heavy atom. The molecule has 0 spiro atoms. The number of hydrogen-bond acceptors (Lipinski definition) is 2. The van der Waals surface area contributed by atoms with Crippen molar-refractivity contribution in [2.45, 2.75) is 39.0 Å². The van der Waals surface area contributed by atoms with Crippen LogP contribution in [0.1, 0.15) is 39.0 Å². The second-order valence-electron chi connectivity index (χ2n) is 3.97. The second-order valence-corrected chi connectivity index (χ2v) is 3.97. The zero-order chi connectivity index (χ0) is 9.36. The van der Waals surface area contributed by atoms with Gasteiger partial charge in [-0.05, 0) is 5.92 Å². The molecule has 0 atom stereocenters. The summed E-state index contributed by atoms with van der Waals surface area (Å²) in [5.41, 5.74) is 0. The monoisotopic (exact) mass is 186 g/mol. The van der Waals surface area contributed by atoms with Gasteiger partial charge >= 0.3 is 0 Å². The molecule has 2 fully saturated rings. The van der Waals surface area contributed by atoms with Gasteiger partial charge in [0.25, 0.3) is 0 Å². The van der Waals surface area contributed by atoms with Crippen molar-refractivity contribution in [1.82, 2.24) is 0 Å². The van der Waals surface area contributed by atoms with E-state index >= 15 is 0 Å². The van der Waals surface area contributed by atoms with E-state index in [1.54, 1.807) is 0 Å². The lowest BCUT2D eigenvalue weighted by Gasteiger charge is -2.15. The van der Waals surface area contributed by atoms with Gasteiger partial charge in [-0.2, -0.15) is 0 Å². The van der Waals surface area contributed by atoms with E-state index < -0.39 is 0 Å². The molecule has 2 nitrogen and oxygen atoms in total. The summed E-state index contributed by atoms with van der Waals surface area (Å²) in [6, 6.07) is 0. The van der Waals surface area contributed by atoms with E-state index in [4.69, 9.17) is 9.47 Å². The summed E-state index contributed by atoms with van der Waals surface area (Å²) in [4.78, 5) is 0. The van der Waals surface area contributed by atoms with Crippen molar-refractivity contribution in [3.8, 4) is 0 Å². The lowest BCUT2D eigenvalue weighted by atomic mass is 9.91. The molecule has 2 heteroatoms. The van der Waals surface area contributed by atoms with Crippen molar-refractivity contribution < 1.29 is 9.47 Å². The normalized spacial score (nSPS) is 24.7. The molecular formula is C11H22O2. The molecule has 0 aromatic heterocycles. The molecule has 0 bridgehead atoms. The fourth-order valence-electron chi connectivity index (χ4n) is 1.75. The van der Waals surface area contributed by atoms with Gasteiger partial charge in [0.2, 0.25) is 0 Å². The zero-order valence-corrected chi connectivity index (χ0v) is 8.76. The minimum absolute atomic E-state index is 0.778. The third-order valence-corrected chi connectivity index (χ3v) is 2.64. The average Bonchev–Trinajstić information content (AvgIpc) is 2.22. The third-order valence-electron chi connectivity index (χ3n) is 2.64. The lowest BCUT2D eigenvalue weighted by Crippen LogP contribution is -2.16. The van der Waals surface area contributed by atoms with Crippen LogP contribution in [0.4, 0.5) is 0 Å². The van der Waals surface area contributed by atoms with Gasteiger partial charge < -0.3 is 9.47 Å². The van der Waals surface area contributed by atoms with Crippen LogP contribution in [0.25, 0.3) is 0 Å². The van der Waals surface area contributed by atoms with Crippen LogP contribution < -0.4 is 0 Å². The van der Waals surface area contributed by atoms with Crippen molar-refractivity contribution >= 4 is 0 Å². The maximum absolute atomic E-state index is 4.94. The molecule has 78 valence electrons. The van der Waals surface area contributed by atoms with Gasteiger partial charge in [0.05, 0.1) is 26.4 Å². The highest BCUT2D eigenvalue weighted by Crippen LogP contribution is 2.22. The van der Waals surface area contributed by atoms with Gasteiger partial charge in [-0.3, -0.25) is 0 Å². The van der Waals surface area contributed by atoms with E-state index in [0.717, 1.165) is 32.3 Å². The van der Waals surface area contributed by atoms with Crippen LogP contribution in [0.5, 0.6) is 0 Å². The van der Waals surface area contributed by atoms with Gasteiger partial charge in [-0.1, -0.05) is 39.0 Å². The predicted octanol–water partition coefficient (Wildman–Crippen LogP) is 2.62. The Bertz CT molecular complexity index is 93.1. The Morgan fingerprint density at radius 2 is 1.23 bits per heavy atom. The number of rotatable bonds is 0. The largest absolute Gasteiger partial charge is 0.377 e. The molecule has 2 rings (SSSR count). The summed E-state index contributed by atoms with van der Waals surface area (Å²) >= 11 is 0. The lowest BCUT2D eigenvalue weighted by molar-refractivity contribution is -0.0334. The van der Waals surface area contributed by atoms with E-state index in [1.807, 2.05) is 0 Å². The van der Waals surface area contributed by atoms with Gasteiger partial charge in [-0.15, -0.1) is 0 Å². The molecule has 1 aliphatic heterocycles. The van der Waals surface area contributed by atoms with Crippen LogP contribution in [0.3, 0.4) is 0 Å². The van der Waals surface area contributed by atoms with Crippen LogP contribution in [0, 0.1) is 5.92 Å². The van der Waals surface area contributed by atoms with Gasteiger partial charge in [0, 0.05) is 0 Å². The summed E-state index contributed by atoms with van der Waals surface area (Å²) < 4.78 is 9.89. The molecule has 1 heterocycles. The van der Waals surface area contributed by atoms with Crippen LogP contribution in [-0.4, -0.2) is 26.4 Å². The first kappa shape index (κ1) is 11.0. The highest BCUT2D eigenvalue weighted by molar-refractivity contribution is 4.59. The predicted molar refractivity (Wildman–Crippen MR) is 53.9 cm³/mol. The summed E-state index contributed by atoms with van der Waals surface area (Å²) in [5.74, 6) is 1.04. The summed E-state index contributed by atoms with van der Waals surface area (Å²) in [7, 11) is 0. The standard InChI is InChI=1S/C7H14.C4H8O2/c1-7-5-3-2-4-6-7;1-2-6-4-3-5-1/h7H,2-6H2,1H3;1-4H2. The van der Waals surface area contributed by atoms with Gasteiger partial charge in [-0.25, -0.2) is 0 Å². The van der Waals surface area contributed by atoms with Crippen LogP contribution in [0.15, 0.2) is 0 Å². The van der Waals surface area contributed by atoms with Crippen molar-refractivity contribution in [3.63, 3.8) is 0 Å². The van der Waals surface area contributed by atoms with E-state index in [2.05, 4.69) is 6.92 Å². The third kappa shape index (κ3) is 6.05. The van der Waals surface area contributed by atoms with Gasteiger partial charge in [0.1, 0.15) is 0 Å². The van der Waals surface area contributed by atoms with Crippen LogP contribution in [0.2, 0.25) is 0 Å². The van der Waals surface area contributed by atoms with Crippen molar-refractivity contribution in [3.05, 3.63) is 0 Å². The SMILES string of the molecule is C1COCCO1.CC1CCCCC1. The van der Waals surface area contributed by atoms with E-state index in [9.17, 15) is 0 Å². The molecule has 13 heavy (non-hydrogen) atoms. The molecule has 1 aliphatic carbocycles. The van der Waals surface area contributed by atoms with Crippen molar-refractivity contribution in [1.29, 1.82) is 0 Å². The van der Waals surface area contributed by atoms with Gasteiger partial charge in [0.15, 0.2) is 0 Å². The second kappa shape index (κ2) is 7.34. The highest BCUT2D eigenvalue weighted by atomic mass is 16.6. The fourth-order valence-corrected chi connectivity index (χ4v) is 1.75. The zero-order valence-electron chi connectivity index (χ0n) is 8.76. The quantitative estimate of drug-likeness (QED) is 0.579. The molecule has 0 aromatic carbocycles. The molecule has 1 saturated heterocycles. The molecule has 0 aromatic rings. The first-order valence-corrected chi connectivity index (χ1v) is 5.55. The summed E-state index contributed by atoms with van der Waals surface area (Å²) in [6.07, 6.45) is 7.44. The first-order chi connectivity index (χ1) is 6.39. The molecule has 0 amide bonds. The molecule has 2 aliphatic rings. The van der Waals surface area contributed by atoms with E-state index in [-0.39, 0.29) is 0 Å². The van der Waals surface area contributed by atoms with Crippen molar-refractivity contribution in [2.75, 3.05) is 26.4 Å². The van der Waals surface area contributed by atoms with E-state index in [0.29, 0.717) is 0 Å². The minimum atomic E-state index is 0.778. The van der Waals surface area contributed by atoms with Crippen LogP contribution >= 0.6 is 0 Å². The fraction of sp³-hybridized carbons (Fsp3) is 1.00. The topological polar surface area (TPSA) is 18.5 Å². The minimum Gasteiger partial charge on any atom is -0.377 e. The Labute approximate surface area is 81.6 Å². The Balaban J connectivity index is 0.000000132. The Hall–Kier alpha value is -0.0800. The summed E-state index contributed by atoms with van der Waals surface area (Å²) in [6.45, 7) is 5.47. The molecule has 1 saturated carbocycles. The highest BCUT2D eigenvalue weighted by Gasteiger charge is 2.05. The summed E-state index contributed by atoms with van der Waals surface area (Å²) in [5, 5.41) is 0. The molecule has 0 unspecified atom stereocenters. The molecule has 0 N–H and O–H groups in total.